The van der Waals surface area contributed by atoms with E-state index in [1.165, 1.54) is 13.0 Å². The molecule has 7 heteroatoms. The second-order valence-corrected chi connectivity index (χ2v) is 6.33. The van der Waals surface area contributed by atoms with Crippen LogP contribution < -0.4 is 14.8 Å². The number of alkyl halides is 2. The van der Waals surface area contributed by atoms with E-state index in [2.05, 4.69) is 15.0 Å². The number of carbonyl (C=O) groups is 1. The predicted molar refractivity (Wildman–Crippen MR) is 98.8 cm³/mol. The second-order valence-electron chi connectivity index (χ2n) is 6.33. The summed E-state index contributed by atoms with van der Waals surface area (Å²) in [6.45, 7) is -0.982. The first-order valence-corrected chi connectivity index (χ1v) is 8.63. The van der Waals surface area contributed by atoms with Crippen molar-refractivity contribution < 1.29 is 23.0 Å². The highest BCUT2D eigenvalue weighted by molar-refractivity contribution is 5.87. The molecule has 142 valence electrons. The SMILES string of the molecule is CC(=O)Nc1ccc(/C=C/c2ccc(OC(F)F)c(OCC3CC3)c2)cn1. The van der Waals surface area contributed by atoms with Crippen LogP contribution >= 0.6 is 0 Å². The van der Waals surface area contributed by atoms with Gasteiger partial charge in [0.2, 0.25) is 5.91 Å². The lowest BCUT2D eigenvalue weighted by Crippen LogP contribution is -2.06. The molecule has 0 aliphatic heterocycles. The summed E-state index contributed by atoms with van der Waals surface area (Å²) in [7, 11) is 0. The Bertz CT molecular complexity index is 818. The van der Waals surface area contributed by atoms with Gasteiger partial charge in [0.05, 0.1) is 6.61 Å². The van der Waals surface area contributed by atoms with Crippen molar-refractivity contribution in [1.82, 2.24) is 4.98 Å². The van der Waals surface area contributed by atoms with Crippen molar-refractivity contribution in [2.75, 3.05) is 11.9 Å². The third kappa shape index (κ3) is 6.06. The summed E-state index contributed by atoms with van der Waals surface area (Å²) >= 11 is 0. The molecule has 1 saturated carbocycles. The van der Waals surface area contributed by atoms with Crippen molar-refractivity contribution in [3.8, 4) is 11.5 Å². The fourth-order valence-corrected chi connectivity index (χ4v) is 2.38. The Morgan fingerprint density at radius 3 is 2.59 bits per heavy atom. The maximum Gasteiger partial charge on any atom is 0.387 e. The van der Waals surface area contributed by atoms with Crippen LogP contribution in [0.15, 0.2) is 36.5 Å². The van der Waals surface area contributed by atoms with Crippen LogP contribution in [0, 0.1) is 5.92 Å². The zero-order chi connectivity index (χ0) is 19.2. The number of anilines is 1. The molecule has 2 aromatic rings. The molecule has 1 amide bonds. The van der Waals surface area contributed by atoms with E-state index in [9.17, 15) is 13.6 Å². The van der Waals surface area contributed by atoms with Crippen molar-refractivity contribution in [1.29, 1.82) is 0 Å². The average Bonchev–Trinajstić information content (AvgIpc) is 3.44. The lowest BCUT2D eigenvalue weighted by Gasteiger charge is -2.12. The fraction of sp³-hybridized carbons (Fsp3) is 0.300. The molecule has 0 atom stereocenters. The predicted octanol–water partition coefficient (Wildman–Crippen LogP) is 4.60. The van der Waals surface area contributed by atoms with Gasteiger partial charge < -0.3 is 14.8 Å². The van der Waals surface area contributed by atoms with E-state index < -0.39 is 6.61 Å². The summed E-state index contributed by atoms with van der Waals surface area (Å²) in [5, 5.41) is 2.60. The van der Waals surface area contributed by atoms with Crippen LogP contribution in [0.1, 0.15) is 30.9 Å². The highest BCUT2D eigenvalue weighted by Crippen LogP contribution is 2.34. The van der Waals surface area contributed by atoms with Gasteiger partial charge in [-0.3, -0.25) is 4.79 Å². The van der Waals surface area contributed by atoms with Gasteiger partial charge in [-0.25, -0.2) is 4.98 Å². The van der Waals surface area contributed by atoms with Crippen molar-refractivity contribution in [3.05, 3.63) is 47.7 Å². The minimum Gasteiger partial charge on any atom is -0.489 e. The third-order valence-corrected chi connectivity index (χ3v) is 3.91. The van der Waals surface area contributed by atoms with Gasteiger partial charge in [0.25, 0.3) is 0 Å². The van der Waals surface area contributed by atoms with Gasteiger partial charge in [-0.15, -0.1) is 0 Å². The van der Waals surface area contributed by atoms with Gasteiger partial charge in [-0.2, -0.15) is 8.78 Å². The molecule has 1 fully saturated rings. The molecule has 0 saturated heterocycles. The summed E-state index contributed by atoms with van der Waals surface area (Å²) in [5.74, 6) is 1.13. The number of hydrogen-bond donors (Lipinski definition) is 1. The van der Waals surface area contributed by atoms with Crippen molar-refractivity contribution in [2.45, 2.75) is 26.4 Å². The van der Waals surface area contributed by atoms with Crippen LogP contribution in [0.5, 0.6) is 11.5 Å². The molecule has 1 aliphatic carbocycles. The van der Waals surface area contributed by atoms with E-state index in [1.807, 2.05) is 18.2 Å². The number of nitrogens with zero attached hydrogens (tertiary/aromatic N) is 1. The highest BCUT2D eigenvalue weighted by atomic mass is 19.3. The van der Waals surface area contributed by atoms with E-state index in [0.29, 0.717) is 24.1 Å². The van der Waals surface area contributed by atoms with E-state index in [4.69, 9.17) is 4.74 Å². The number of amides is 1. The maximum atomic E-state index is 12.6. The Hall–Kier alpha value is -2.96. The number of nitrogens with one attached hydrogen (secondary N) is 1. The molecule has 3 rings (SSSR count). The molecule has 27 heavy (non-hydrogen) atoms. The Kier molecular flexibility index (Phi) is 6.01. The minimum atomic E-state index is -2.90. The van der Waals surface area contributed by atoms with Gasteiger partial charge in [0.15, 0.2) is 11.5 Å². The molecule has 1 aromatic carbocycles. The van der Waals surface area contributed by atoms with Crippen molar-refractivity contribution in [2.24, 2.45) is 5.92 Å². The Labute approximate surface area is 156 Å². The van der Waals surface area contributed by atoms with Crippen molar-refractivity contribution >= 4 is 23.9 Å². The number of ether oxygens (including phenoxy) is 2. The Morgan fingerprint density at radius 2 is 1.96 bits per heavy atom. The first-order chi connectivity index (χ1) is 13.0. The van der Waals surface area contributed by atoms with E-state index in [1.54, 1.807) is 24.4 Å². The largest absolute Gasteiger partial charge is 0.489 e. The quantitative estimate of drug-likeness (QED) is 0.734. The van der Waals surface area contributed by atoms with E-state index in [0.717, 1.165) is 24.0 Å². The zero-order valence-electron chi connectivity index (χ0n) is 14.8. The standard InChI is InChI=1S/C20H20F2N2O3/c1-13(25)24-19-9-7-15(11-23-19)3-2-14-6-8-17(27-20(21)22)18(10-14)26-12-16-4-5-16/h2-3,6-11,16,20H,4-5,12H2,1H3,(H,23,24,25)/b3-2+. The Balaban J connectivity index is 1.71. The van der Waals surface area contributed by atoms with Gasteiger partial charge in [0.1, 0.15) is 5.82 Å². The summed E-state index contributed by atoms with van der Waals surface area (Å²) in [4.78, 5) is 15.1. The van der Waals surface area contributed by atoms with Gasteiger partial charge in [-0.1, -0.05) is 18.2 Å². The number of aromatic nitrogens is 1. The van der Waals surface area contributed by atoms with Crippen LogP contribution in [0.25, 0.3) is 12.2 Å². The molecule has 1 aliphatic rings. The van der Waals surface area contributed by atoms with E-state index in [-0.39, 0.29) is 11.7 Å². The van der Waals surface area contributed by atoms with Crippen LogP contribution in [0.3, 0.4) is 0 Å². The topological polar surface area (TPSA) is 60.5 Å². The van der Waals surface area contributed by atoms with E-state index >= 15 is 0 Å². The third-order valence-electron chi connectivity index (χ3n) is 3.91. The second kappa shape index (κ2) is 8.62. The molecule has 0 spiro atoms. The van der Waals surface area contributed by atoms with Gasteiger partial charge in [0, 0.05) is 13.1 Å². The zero-order valence-corrected chi connectivity index (χ0v) is 14.8. The number of rotatable bonds is 8. The molecule has 5 nitrogen and oxygen atoms in total. The van der Waals surface area contributed by atoms with Crippen LogP contribution in [-0.2, 0) is 4.79 Å². The molecule has 0 radical (unpaired) electrons. The highest BCUT2D eigenvalue weighted by Gasteiger charge is 2.23. The lowest BCUT2D eigenvalue weighted by molar-refractivity contribution is -0.114. The Morgan fingerprint density at radius 1 is 1.22 bits per heavy atom. The molecule has 0 unspecified atom stereocenters. The number of pyridine rings is 1. The molecule has 0 bridgehead atoms. The number of benzene rings is 1. The number of hydrogen-bond acceptors (Lipinski definition) is 4. The minimum absolute atomic E-state index is 0.0316. The summed E-state index contributed by atoms with van der Waals surface area (Å²) < 4.78 is 35.3. The van der Waals surface area contributed by atoms with Gasteiger partial charge >= 0.3 is 6.61 Å². The van der Waals surface area contributed by atoms with Gasteiger partial charge in [-0.05, 0) is 54.2 Å². The lowest BCUT2D eigenvalue weighted by atomic mass is 10.1. The number of carbonyl (C=O) groups excluding carboxylic acids is 1. The molecule has 1 aromatic heterocycles. The van der Waals surface area contributed by atoms with Crippen LogP contribution in [0.4, 0.5) is 14.6 Å². The molecular weight excluding hydrogens is 354 g/mol. The monoisotopic (exact) mass is 374 g/mol. The fourth-order valence-electron chi connectivity index (χ4n) is 2.38. The molecule has 1 heterocycles. The maximum absolute atomic E-state index is 12.6. The average molecular weight is 374 g/mol. The first kappa shape index (κ1) is 18.8. The summed E-state index contributed by atoms with van der Waals surface area (Å²) in [6.07, 6.45) is 7.49. The molecular formula is C20H20F2N2O3. The normalized spacial score (nSPS) is 13.8. The first-order valence-electron chi connectivity index (χ1n) is 8.63. The number of halogens is 2. The van der Waals surface area contributed by atoms with Crippen molar-refractivity contribution in [3.63, 3.8) is 0 Å². The van der Waals surface area contributed by atoms with Crippen LogP contribution in [0.2, 0.25) is 0 Å². The summed E-state index contributed by atoms with van der Waals surface area (Å²) in [6, 6.07) is 8.34. The van der Waals surface area contributed by atoms with Crippen LogP contribution in [-0.4, -0.2) is 24.1 Å². The smallest absolute Gasteiger partial charge is 0.387 e. The summed E-state index contributed by atoms with van der Waals surface area (Å²) in [5.41, 5.74) is 1.62. The molecule has 1 N–H and O–H groups in total.